The fourth-order valence-corrected chi connectivity index (χ4v) is 9.04. The van der Waals surface area contributed by atoms with Crippen molar-refractivity contribution in [2.45, 2.75) is 71.4 Å². The molecule has 8 rings (SSSR count). The minimum absolute atomic E-state index is 0.0113. The van der Waals surface area contributed by atoms with E-state index < -0.39 is 12.4 Å². The maximum Gasteiger partial charge on any atom is 0.356 e. The van der Waals surface area contributed by atoms with Crippen molar-refractivity contribution in [3.8, 4) is 11.1 Å². The van der Waals surface area contributed by atoms with E-state index in [0.717, 1.165) is 99.0 Å². The molecule has 0 aliphatic carbocycles. The second-order valence-electron chi connectivity index (χ2n) is 15.5. The molecule has 13 nitrogen and oxygen atoms in total. The number of hydrogen-bond donors (Lipinski definition) is 1. The molecular formula is C39H48F2N10O3. The number of carbonyl (C=O) groups is 2. The number of fused-ring (bicyclic) bond motifs is 2. The molecule has 0 bridgehead atoms. The molecule has 2 atom stereocenters. The van der Waals surface area contributed by atoms with Crippen LogP contribution in [0.4, 0.5) is 26.1 Å². The summed E-state index contributed by atoms with van der Waals surface area (Å²) >= 11 is 0. The molecule has 4 aliphatic rings. The molecule has 7 heterocycles. The van der Waals surface area contributed by atoms with E-state index in [4.69, 9.17) is 10.2 Å². The number of aromatic nitrogens is 6. The zero-order chi connectivity index (χ0) is 37.7. The number of rotatable bonds is 8. The van der Waals surface area contributed by atoms with Gasteiger partial charge in [-0.1, -0.05) is 6.92 Å². The van der Waals surface area contributed by atoms with E-state index in [1.807, 2.05) is 11.0 Å². The van der Waals surface area contributed by atoms with Gasteiger partial charge in [0.05, 0.1) is 18.8 Å². The van der Waals surface area contributed by atoms with E-state index in [-0.39, 0.29) is 23.2 Å². The van der Waals surface area contributed by atoms with Crippen molar-refractivity contribution in [1.82, 2.24) is 39.6 Å². The van der Waals surface area contributed by atoms with Crippen LogP contribution in [0.25, 0.3) is 11.1 Å². The van der Waals surface area contributed by atoms with Gasteiger partial charge in [0.1, 0.15) is 0 Å². The molecule has 2 fully saturated rings. The number of hydrogen-bond acceptors (Lipinski definition) is 9. The van der Waals surface area contributed by atoms with Gasteiger partial charge in [-0.05, 0) is 79.3 Å². The molecule has 54 heavy (non-hydrogen) atoms. The van der Waals surface area contributed by atoms with Gasteiger partial charge in [-0.3, -0.25) is 14.2 Å². The summed E-state index contributed by atoms with van der Waals surface area (Å²) in [4.78, 5) is 32.6. The van der Waals surface area contributed by atoms with Gasteiger partial charge in [0.15, 0.2) is 17.3 Å². The molecule has 0 radical (unpaired) electrons. The first-order chi connectivity index (χ1) is 26.0. The monoisotopic (exact) mass is 742 g/mol. The van der Waals surface area contributed by atoms with E-state index in [1.165, 1.54) is 6.07 Å². The van der Waals surface area contributed by atoms with Crippen LogP contribution in [0.3, 0.4) is 0 Å². The van der Waals surface area contributed by atoms with Gasteiger partial charge in [0, 0.05) is 100 Å². The van der Waals surface area contributed by atoms with Gasteiger partial charge in [-0.2, -0.15) is 10.2 Å². The van der Waals surface area contributed by atoms with Crippen LogP contribution in [0.2, 0.25) is 0 Å². The third-order valence-electron chi connectivity index (χ3n) is 12.1. The summed E-state index contributed by atoms with van der Waals surface area (Å²) in [5.74, 6) is 1.44. The van der Waals surface area contributed by atoms with E-state index >= 15 is 0 Å². The number of aryl methyl sites for hydroxylation is 2. The molecule has 15 heteroatoms. The third kappa shape index (κ3) is 6.93. The Bertz CT molecular complexity index is 2020. The van der Waals surface area contributed by atoms with E-state index in [0.29, 0.717) is 49.0 Å². The summed E-state index contributed by atoms with van der Waals surface area (Å²) in [6, 6.07) is 7.05. The molecule has 2 saturated heterocycles. The highest BCUT2D eigenvalue weighted by Gasteiger charge is 2.36. The SMILES string of the molecule is CC(=O)N1CCc2c(c(N3CCCc4cc(-c5cnn(C)c5)c(C(F)F)cc43)nn2C2CCN(C[C@@H]3CCN(c4ccc(C(=O)O)nn4)C[C@@H]3C)CC2)C1. The van der Waals surface area contributed by atoms with Gasteiger partial charge in [0.25, 0.3) is 6.43 Å². The van der Waals surface area contributed by atoms with E-state index in [9.17, 15) is 18.4 Å². The Kier molecular flexibility index (Phi) is 9.84. The van der Waals surface area contributed by atoms with Crippen molar-refractivity contribution in [3.05, 3.63) is 64.7 Å². The third-order valence-corrected chi connectivity index (χ3v) is 12.1. The summed E-state index contributed by atoms with van der Waals surface area (Å²) in [6.07, 6.45) is 6.08. The van der Waals surface area contributed by atoms with E-state index in [2.05, 4.69) is 41.6 Å². The number of carboxylic acid groups (broad SMARTS) is 1. The molecule has 0 saturated carbocycles. The van der Waals surface area contributed by atoms with Crippen molar-refractivity contribution >= 4 is 29.2 Å². The van der Waals surface area contributed by atoms with Gasteiger partial charge in [-0.15, -0.1) is 10.2 Å². The van der Waals surface area contributed by atoms with Crippen LogP contribution in [0.15, 0.2) is 36.7 Å². The quantitative estimate of drug-likeness (QED) is 0.247. The second-order valence-corrected chi connectivity index (χ2v) is 15.5. The van der Waals surface area contributed by atoms with Gasteiger partial charge >= 0.3 is 5.97 Å². The van der Waals surface area contributed by atoms with Crippen molar-refractivity contribution in [3.63, 3.8) is 0 Å². The standard InChI is InChI=1S/C39H48F2N10O3/c1-24-20-49(36-7-6-33(39(53)54)43-44-36)15-8-27(24)22-47-13-9-29(10-14-47)51-34-11-16-48(25(2)52)23-32(34)38(45-51)50-12-4-5-26-17-30(28-19-42-46(3)21-28)31(37(40)41)18-35(26)50/h6-7,17-19,21,24,27,29,37H,4-5,8-16,20,22-23H2,1-3H3,(H,53,54)/t24-,27-/m0/s1. The minimum Gasteiger partial charge on any atom is -0.476 e. The summed E-state index contributed by atoms with van der Waals surface area (Å²) in [5.41, 5.74) is 5.12. The lowest BCUT2D eigenvalue weighted by molar-refractivity contribution is -0.129. The van der Waals surface area contributed by atoms with Gasteiger partial charge < -0.3 is 24.7 Å². The van der Waals surface area contributed by atoms with Crippen LogP contribution in [-0.2, 0) is 31.2 Å². The Morgan fingerprint density at radius 2 is 1.83 bits per heavy atom. The normalized spacial score (nSPS) is 21.0. The van der Waals surface area contributed by atoms with Crippen molar-refractivity contribution < 1.29 is 23.5 Å². The smallest absolute Gasteiger partial charge is 0.356 e. The number of likely N-dealkylation sites (tertiary alicyclic amines) is 1. The average Bonchev–Trinajstić information content (AvgIpc) is 3.78. The zero-order valence-electron chi connectivity index (χ0n) is 31.2. The van der Waals surface area contributed by atoms with E-state index in [1.54, 1.807) is 43.2 Å². The molecule has 286 valence electrons. The Labute approximate surface area is 313 Å². The van der Waals surface area contributed by atoms with Crippen LogP contribution in [0.5, 0.6) is 0 Å². The molecule has 3 aromatic heterocycles. The molecular weight excluding hydrogens is 694 g/mol. The van der Waals surface area contributed by atoms with Gasteiger partial charge in [-0.25, -0.2) is 13.6 Å². The Morgan fingerprint density at radius 1 is 1.02 bits per heavy atom. The summed E-state index contributed by atoms with van der Waals surface area (Å²) < 4.78 is 33.2. The predicted octanol–water partition coefficient (Wildman–Crippen LogP) is 5.50. The van der Waals surface area contributed by atoms with Crippen LogP contribution in [0, 0.1) is 11.8 Å². The molecule has 0 spiro atoms. The maximum atomic E-state index is 14.7. The average molecular weight is 743 g/mol. The number of alkyl halides is 2. The Balaban J connectivity index is 0.997. The fraction of sp³-hybridized carbons (Fsp3) is 0.538. The first kappa shape index (κ1) is 36.1. The Morgan fingerprint density at radius 3 is 2.50 bits per heavy atom. The first-order valence-corrected chi connectivity index (χ1v) is 19.2. The number of aromatic carboxylic acids is 1. The molecule has 4 aromatic rings. The lowest BCUT2D eigenvalue weighted by Gasteiger charge is -2.41. The largest absolute Gasteiger partial charge is 0.476 e. The summed E-state index contributed by atoms with van der Waals surface area (Å²) in [5, 5.41) is 26.8. The first-order valence-electron chi connectivity index (χ1n) is 19.2. The van der Waals surface area contributed by atoms with Crippen LogP contribution < -0.4 is 9.80 Å². The maximum absolute atomic E-state index is 14.7. The number of anilines is 3. The minimum atomic E-state index is -2.65. The lowest BCUT2D eigenvalue weighted by atomic mass is 9.86. The molecule has 1 aromatic carbocycles. The topological polar surface area (TPSA) is 129 Å². The van der Waals surface area contributed by atoms with Crippen molar-refractivity contribution in [1.29, 1.82) is 0 Å². The van der Waals surface area contributed by atoms with Crippen LogP contribution in [0.1, 0.15) is 84.9 Å². The highest BCUT2D eigenvalue weighted by atomic mass is 19.3. The van der Waals surface area contributed by atoms with Crippen molar-refractivity contribution in [2.75, 3.05) is 55.6 Å². The lowest BCUT2D eigenvalue weighted by Crippen LogP contribution is -2.46. The van der Waals surface area contributed by atoms with Gasteiger partial charge in [0.2, 0.25) is 5.91 Å². The molecule has 0 unspecified atom stereocenters. The number of benzene rings is 1. The van der Waals surface area contributed by atoms with Crippen molar-refractivity contribution in [2.24, 2.45) is 18.9 Å². The molecule has 4 aliphatic heterocycles. The molecule has 1 N–H and O–H groups in total. The van der Waals surface area contributed by atoms with Crippen LogP contribution >= 0.6 is 0 Å². The summed E-state index contributed by atoms with van der Waals surface area (Å²) in [7, 11) is 1.79. The molecule has 1 amide bonds. The fourth-order valence-electron chi connectivity index (χ4n) is 9.04. The number of amides is 1. The highest BCUT2D eigenvalue weighted by molar-refractivity contribution is 5.85. The number of carboxylic acids is 1. The highest BCUT2D eigenvalue weighted by Crippen LogP contribution is 2.44. The number of nitrogens with zero attached hydrogens (tertiary/aromatic N) is 10. The van der Waals surface area contributed by atoms with Crippen LogP contribution in [-0.4, -0.2) is 102 Å². The number of piperidine rings is 2. The summed E-state index contributed by atoms with van der Waals surface area (Å²) in [6.45, 7) is 10.3. The second kappa shape index (κ2) is 14.7. The number of halogens is 2. The Hall–Kier alpha value is -4.92. The number of carbonyl (C=O) groups excluding carboxylic acids is 1. The zero-order valence-corrected chi connectivity index (χ0v) is 31.2. The predicted molar refractivity (Wildman–Crippen MR) is 199 cm³/mol.